The second-order valence-electron chi connectivity index (χ2n) is 4.84. The van der Waals surface area contributed by atoms with Crippen molar-refractivity contribution in [3.05, 3.63) is 24.3 Å². The third kappa shape index (κ3) is 6.97. The van der Waals surface area contributed by atoms with Gasteiger partial charge in [-0.15, -0.1) is 0 Å². The average molecular weight is 364 g/mol. The van der Waals surface area contributed by atoms with E-state index in [9.17, 15) is 21.6 Å². The maximum Gasteiger partial charge on any atom is 0.304 e. The quantitative estimate of drug-likeness (QED) is 0.567. The molecule has 0 unspecified atom stereocenters. The molecule has 0 aliphatic carbocycles. The van der Waals surface area contributed by atoms with E-state index in [0.29, 0.717) is 6.42 Å². The van der Waals surface area contributed by atoms with E-state index in [1.807, 2.05) is 6.92 Å². The van der Waals surface area contributed by atoms with Crippen LogP contribution in [0, 0.1) is 0 Å². The van der Waals surface area contributed by atoms with Crippen LogP contribution in [0.25, 0.3) is 0 Å². The Hall–Kier alpha value is -1.65. The van der Waals surface area contributed by atoms with Gasteiger partial charge in [-0.1, -0.05) is 13.3 Å². The van der Waals surface area contributed by atoms with E-state index in [4.69, 9.17) is 5.11 Å². The first kappa shape index (κ1) is 19.4. The van der Waals surface area contributed by atoms with Crippen LogP contribution in [0.2, 0.25) is 0 Å². The highest BCUT2D eigenvalue weighted by molar-refractivity contribution is 7.92. The first-order valence-electron chi connectivity index (χ1n) is 6.98. The first-order valence-corrected chi connectivity index (χ1v) is 10.1. The molecule has 1 aromatic rings. The summed E-state index contributed by atoms with van der Waals surface area (Å²) in [5.74, 6) is -1.11. The second kappa shape index (κ2) is 8.27. The lowest BCUT2D eigenvalue weighted by Gasteiger charge is -2.09. The van der Waals surface area contributed by atoms with Crippen LogP contribution in [0.1, 0.15) is 26.2 Å². The van der Waals surface area contributed by atoms with E-state index in [1.165, 1.54) is 24.3 Å². The summed E-state index contributed by atoms with van der Waals surface area (Å²) in [6.45, 7) is 1.66. The summed E-state index contributed by atoms with van der Waals surface area (Å²) in [6, 6.07) is 5.19. The summed E-state index contributed by atoms with van der Waals surface area (Å²) in [7, 11) is -7.27. The Bertz CT molecular complexity index is 726. The van der Waals surface area contributed by atoms with Crippen molar-refractivity contribution in [3.8, 4) is 0 Å². The Labute approximate surface area is 136 Å². The lowest BCUT2D eigenvalue weighted by molar-refractivity contribution is -0.136. The number of hydrogen-bond donors (Lipinski definition) is 3. The van der Waals surface area contributed by atoms with Gasteiger partial charge in [0.2, 0.25) is 20.0 Å². The molecule has 3 N–H and O–H groups in total. The predicted octanol–water partition coefficient (Wildman–Crippen LogP) is 0.981. The zero-order chi connectivity index (χ0) is 17.5. The molecule has 0 aliphatic rings. The molecule has 130 valence electrons. The molecule has 0 saturated heterocycles. The van der Waals surface area contributed by atoms with Gasteiger partial charge in [-0.2, -0.15) is 0 Å². The van der Waals surface area contributed by atoms with Gasteiger partial charge in [-0.25, -0.2) is 21.6 Å². The van der Waals surface area contributed by atoms with Gasteiger partial charge in [-0.3, -0.25) is 9.52 Å². The van der Waals surface area contributed by atoms with Crippen LogP contribution in [0.5, 0.6) is 0 Å². The number of sulfonamides is 2. The number of anilines is 1. The monoisotopic (exact) mass is 364 g/mol. The van der Waals surface area contributed by atoms with Crippen molar-refractivity contribution in [2.75, 3.05) is 17.0 Å². The summed E-state index contributed by atoms with van der Waals surface area (Å²) in [5, 5.41) is 8.49. The summed E-state index contributed by atoms with van der Waals surface area (Å²) in [6.07, 6.45) is 0.962. The van der Waals surface area contributed by atoms with Crippen LogP contribution in [-0.4, -0.2) is 40.2 Å². The van der Waals surface area contributed by atoms with E-state index in [2.05, 4.69) is 9.44 Å². The molecule has 0 radical (unpaired) electrons. The highest BCUT2D eigenvalue weighted by atomic mass is 32.2. The fourth-order valence-electron chi connectivity index (χ4n) is 1.64. The molecule has 0 atom stereocenters. The Morgan fingerprint density at radius 3 is 2.26 bits per heavy atom. The minimum atomic E-state index is -3.82. The molecular weight excluding hydrogens is 344 g/mol. The largest absolute Gasteiger partial charge is 0.481 e. The molecule has 0 bridgehead atoms. The van der Waals surface area contributed by atoms with Gasteiger partial charge in [0.15, 0.2) is 0 Å². The van der Waals surface area contributed by atoms with Crippen molar-refractivity contribution in [2.45, 2.75) is 31.1 Å². The van der Waals surface area contributed by atoms with Crippen LogP contribution >= 0.6 is 0 Å². The van der Waals surface area contributed by atoms with Crippen molar-refractivity contribution in [2.24, 2.45) is 0 Å². The smallest absolute Gasteiger partial charge is 0.304 e. The van der Waals surface area contributed by atoms with Crippen LogP contribution < -0.4 is 9.44 Å². The van der Waals surface area contributed by atoms with Gasteiger partial charge in [0.05, 0.1) is 17.1 Å². The number of unbranched alkanes of at least 4 members (excludes halogenated alkanes) is 1. The van der Waals surface area contributed by atoms with Crippen LogP contribution in [0.4, 0.5) is 5.69 Å². The minimum Gasteiger partial charge on any atom is -0.481 e. The maximum absolute atomic E-state index is 11.9. The predicted molar refractivity (Wildman–Crippen MR) is 86.2 cm³/mol. The number of carboxylic acids is 1. The lowest BCUT2D eigenvalue weighted by atomic mass is 10.3. The Morgan fingerprint density at radius 1 is 1.13 bits per heavy atom. The fraction of sp³-hybridized carbons (Fsp3) is 0.462. The molecule has 8 nitrogen and oxygen atoms in total. The summed E-state index contributed by atoms with van der Waals surface area (Å²) in [5.41, 5.74) is 0.269. The highest BCUT2D eigenvalue weighted by Crippen LogP contribution is 2.15. The Morgan fingerprint density at radius 2 is 1.74 bits per heavy atom. The van der Waals surface area contributed by atoms with Gasteiger partial charge in [-0.05, 0) is 30.7 Å². The number of aliphatic carboxylic acids is 1. The number of carbonyl (C=O) groups is 1. The minimum absolute atomic E-state index is 0.000292. The summed E-state index contributed by atoms with van der Waals surface area (Å²) >= 11 is 0. The molecule has 0 saturated carbocycles. The SMILES string of the molecule is CCCCS(=O)(=O)Nc1ccc(S(=O)(=O)NCCC(=O)O)cc1. The van der Waals surface area contributed by atoms with Gasteiger partial charge < -0.3 is 5.11 Å². The van der Waals surface area contributed by atoms with Crippen molar-refractivity contribution in [3.63, 3.8) is 0 Å². The lowest BCUT2D eigenvalue weighted by Crippen LogP contribution is -2.26. The zero-order valence-electron chi connectivity index (χ0n) is 12.6. The normalized spacial score (nSPS) is 12.0. The average Bonchev–Trinajstić information content (AvgIpc) is 2.45. The van der Waals surface area contributed by atoms with E-state index in [1.54, 1.807) is 0 Å². The molecule has 0 aliphatic heterocycles. The number of hydrogen-bond acceptors (Lipinski definition) is 5. The number of carboxylic acid groups (broad SMARTS) is 1. The summed E-state index contributed by atoms with van der Waals surface area (Å²) in [4.78, 5) is 10.3. The van der Waals surface area contributed by atoms with Crippen LogP contribution in [0.15, 0.2) is 29.2 Å². The molecule has 0 heterocycles. The molecule has 1 aromatic carbocycles. The fourth-order valence-corrected chi connectivity index (χ4v) is 3.94. The van der Waals surface area contributed by atoms with E-state index in [0.717, 1.165) is 6.42 Å². The van der Waals surface area contributed by atoms with Crippen molar-refractivity contribution >= 4 is 31.7 Å². The topological polar surface area (TPSA) is 130 Å². The van der Waals surface area contributed by atoms with E-state index < -0.39 is 26.0 Å². The van der Waals surface area contributed by atoms with E-state index >= 15 is 0 Å². The highest BCUT2D eigenvalue weighted by Gasteiger charge is 2.15. The first-order chi connectivity index (χ1) is 10.7. The maximum atomic E-state index is 11.9. The van der Waals surface area contributed by atoms with Crippen molar-refractivity contribution < 1.29 is 26.7 Å². The molecular formula is C13H20N2O6S2. The Balaban J connectivity index is 2.74. The summed E-state index contributed by atoms with van der Waals surface area (Å²) < 4.78 is 51.8. The van der Waals surface area contributed by atoms with Crippen molar-refractivity contribution in [1.29, 1.82) is 0 Å². The third-order valence-electron chi connectivity index (χ3n) is 2.84. The number of rotatable bonds is 10. The Kier molecular flexibility index (Phi) is 6.98. The van der Waals surface area contributed by atoms with Crippen molar-refractivity contribution in [1.82, 2.24) is 4.72 Å². The second-order valence-corrected chi connectivity index (χ2v) is 8.45. The molecule has 10 heteroatoms. The van der Waals surface area contributed by atoms with Gasteiger partial charge in [0.25, 0.3) is 0 Å². The molecule has 0 amide bonds. The third-order valence-corrected chi connectivity index (χ3v) is 5.69. The van der Waals surface area contributed by atoms with Crippen LogP contribution in [-0.2, 0) is 24.8 Å². The standard InChI is InChI=1S/C13H20N2O6S2/c1-2-3-10-22(18,19)15-11-4-6-12(7-5-11)23(20,21)14-9-8-13(16)17/h4-7,14-15H,2-3,8-10H2,1H3,(H,16,17). The van der Waals surface area contributed by atoms with Gasteiger partial charge in [0.1, 0.15) is 0 Å². The zero-order valence-corrected chi connectivity index (χ0v) is 14.3. The molecule has 0 aromatic heterocycles. The molecule has 1 rings (SSSR count). The number of nitrogens with one attached hydrogen (secondary N) is 2. The molecule has 0 fully saturated rings. The molecule has 23 heavy (non-hydrogen) atoms. The van der Waals surface area contributed by atoms with E-state index in [-0.39, 0.29) is 29.3 Å². The van der Waals surface area contributed by atoms with Gasteiger partial charge >= 0.3 is 5.97 Å². The number of benzene rings is 1. The van der Waals surface area contributed by atoms with Crippen LogP contribution in [0.3, 0.4) is 0 Å². The van der Waals surface area contributed by atoms with Gasteiger partial charge in [0, 0.05) is 12.2 Å². The molecule has 0 spiro atoms.